The van der Waals surface area contributed by atoms with Crippen molar-refractivity contribution in [3.63, 3.8) is 0 Å². The second-order valence-electron chi connectivity index (χ2n) is 8.65. The lowest BCUT2D eigenvalue weighted by Gasteiger charge is -2.26. The molecule has 6 rings (SSSR count). The lowest BCUT2D eigenvalue weighted by Crippen LogP contribution is -2.38. The fourth-order valence-corrected chi connectivity index (χ4v) is 6.24. The van der Waals surface area contributed by atoms with Crippen LogP contribution in [0.1, 0.15) is 62.6 Å². The summed E-state index contributed by atoms with van der Waals surface area (Å²) in [4.78, 5) is 19.1. The smallest absolute Gasteiger partial charge is 0.155 e. The van der Waals surface area contributed by atoms with Gasteiger partial charge >= 0.3 is 0 Å². The number of nitrogens with zero attached hydrogens (tertiary/aromatic N) is 1. The van der Waals surface area contributed by atoms with Crippen LogP contribution >= 0.6 is 0 Å². The first-order chi connectivity index (χ1) is 12.7. The van der Waals surface area contributed by atoms with Crippen molar-refractivity contribution < 1.29 is 4.79 Å². The van der Waals surface area contributed by atoms with Gasteiger partial charge in [0.05, 0.1) is 22.0 Å². The third-order valence-electron chi connectivity index (χ3n) is 7.46. The van der Waals surface area contributed by atoms with E-state index in [-0.39, 0.29) is 10.8 Å². The highest BCUT2D eigenvalue weighted by Gasteiger charge is 2.62. The Morgan fingerprint density at radius 2 is 1.42 bits per heavy atom. The molecule has 2 aromatic carbocycles. The van der Waals surface area contributed by atoms with Gasteiger partial charge in [0, 0.05) is 10.8 Å². The lowest BCUT2D eigenvalue weighted by molar-refractivity contribution is -0.128. The van der Waals surface area contributed by atoms with Crippen LogP contribution in [0.4, 0.5) is 0 Å². The summed E-state index contributed by atoms with van der Waals surface area (Å²) < 4.78 is 0. The van der Waals surface area contributed by atoms with Crippen LogP contribution in [0.15, 0.2) is 42.5 Å². The zero-order valence-corrected chi connectivity index (χ0v) is 15.1. The fourth-order valence-electron chi connectivity index (χ4n) is 6.24. The van der Waals surface area contributed by atoms with E-state index in [1.807, 2.05) is 0 Å². The molecule has 2 nitrogen and oxygen atoms in total. The van der Waals surface area contributed by atoms with E-state index in [2.05, 4.69) is 42.5 Å². The van der Waals surface area contributed by atoms with Gasteiger partial charge in [-0.3, -0.25) is 9.78 Å². The molecule has 130 valence electrons. The van der Waals surface area contributed by atoms with Crippen molar-refractivity contribution >= 4 is 27.5 Å². The molecule has 2 saturated carbocycles. The molecule has 2 heteroatoms. The number of rotatable bonds is 0. The maximum atomic E-state index is 13.8. The van der Waals surface area contributed by atoms with Crippen LogP contribution < -0.4 is 0 Å². The summed E-state index contributed by atoms with van der Waals surface area (Å²) in [6.07, 6.45) is 8.75. The number of pyridine rings is 1. The number of hydrogen-bond acceptors (Lipinski definition) is 2. The molecular formula is C24H23NO. The van der Waals surface area contributed by atoms with Crippen LogP contribution in [0, 0.1) is 0 Å². The van der Waals surface area contributed by atoms with Crippen molar-refractivity contribution in [1.82, 2.24) is 4.98 Å². The first-order valence-electron chi connectivity index (χ1n) is 10.1. The Hall–Kier alpha value is -2.22. The quantitative estimate of drug-likeness (QED) is 0.499. The summed E-state index contributed by atoms with van der Waals surface area (Å²) in [5.41, 5.74) is 2.99. The average molecular weight is 341 g/mol. The summed E-state index contributed by atoms with van der Waals surface area (Å²) in [5, 5.41) is 3.63. The minimum absolute atomic E-state index is 0.230. The molecule has 2 spiro atoms. The van der Waals surface area contributed by atoms with Crippen LogP contribution in [0.25, 0.3) is 21.7 Å². The molecule has 3 aliphatic carbocycles. The molecule has 3 aliphatic rings. The molecule has 26 heavy (non-hydrogen) atoms. The highest BCUT2D eigenvalue weighted by atomic mass is 16.1. The Morgan fingerprint density at radius 1 is 0.769 bits per heavy atom. The van der Waals surface area contributed by atoms with Gasteiger partial charge in [0.2, 0.25) is 0 Å². The molecule has 2 fully saturated rings. The van der Waals surface area contributed by atoms with E-state index in [9.17, 15) is 4.79 Å². The topological polar surface area (TPSA) is 30.0 Å². The molecule has 1 heterocycles. The predicted octanol–water partition coefficient (Wildman–Crippen LogP) is 5.59. The van der Waals surface area contributed by atoms with Gasteiger partial charge in [-0.2, -0.15) is 0 Å². The zero-order valence-electron chi connectivity index (χ0n) is 15.1. The SMILES string of the molecule is O=C1C2(CCCC2)c2cc3ccc4ccccc4c3nc2C12CCCC2. The van der Waals surface area contributed by atoms with E-state index in [1.54, 1.807) is 0 Å². The Bertz CT molecular complexity index is 1070. The number of fused-ring (bicyclic) bond motifs is 6. The first-order valence-corrected chi connectivity index (χ1v) is 10.1. The minimum Gasteiger partial charge on any atom is -0.298 e. The molecule has 3 aromatic rings. The normalized spacial score (nSPS) is 22.8. The van der Waals surface area contributed by atoms with Crippen molar-refractivity contribution in [2.24, 2.45) is 0 Å². The molecule has 0 bridgehead atoms. The molecule has 0 amide bonds. The van der Waals surface area contributed by atoms with Gasteiger partial charge in [0.15, 0.2) is 5.78 Å². The number of carbonyl (C=O) groups excluding carboxylic acids is 1. The zero-order chi connectivity index (χ0) is 17.4. The Balaban J connectivity index is 1.73. The molecule has 0 saturated heterocycles. The van der Waals surface area contributed by atoms with Crippen LogP contribution in [0.2, 0.25) is 0 Å². The fraction of sp³-hybridized carbons (Fsp3) is 0.417. The number of ketones is 1. The third kappa shape index (κ3) is 1.64. The highest BCUT2D eigenvalue weighted by Crippen LogP contribution is 2.59. The summed E-state index contributed by atoms with van der Waals surface area (Å²) in [7, 11) is 0. The number of carbonyl (C=O) groups is 1. The van der Waals surface area contributed by atoms with Crippen LogP contribution in [0.5, 0.6) is 0 Å². The van der Waals surface area contributed by atoms with Crippen molar-refractivity contribution in [3.05, 3.63) is 53.7 Å². The van der Waals surface area contributed by atoms with Gasteiger partial charge in [-0.1, -0.05) is 62.1 Å². The number of benzene rings is 2. The van der Waals surface area contributed by atoms with Crippen molar-refractivity contribution in [2.75, 3.05) is 0 Å². The van der Waals surface area contributed by atoms with Crippen molar-refractivity contribution in [1.29, 1.82) is 0 Å². The van der Waals surface area contributed by atoms with Crippen LogP contribution in [-0.2, 0) is 15.6 Å². The molecule has 0 N–H and O–H groups in total. The Kier molecular flexibility index (Phi) is 2.83. The standard InChI is InChI=1S/C24H23NO/c26-22-23(11-3-4-12-23)19-15-17-10-9-16-7-1-2-8-18(16)20(17)25-21(19)24(22)13-5-6-14-24/h1-2,7-10,15H,3-6,11-14H2. The molecule has 0 aliphatic heterocycles. The van der Waals surface area contributed by atoms with Gasteiger partial charge in [-0.25, -0.2) is 0 Å². The van der Waals surface area contributed by atoms with Crippen molar-refractivity contribution in [3.8, 4) is 0 Å². The summed E-state index contributed by atoms with van der Waals surface area (Å²) in [6, 6.07) is 15.2. The van der Waals surface area contributed by atoms with E-state index >= 15 is 0 Å². The predicted molar refractivity (Wildman–Crippen MR) is 105 cm³/mol. The van der Waals surface area contributed by atoms with Gasteiger partial charge in [-0.05, 0) is 42.7 Å². The summed E-state index contributed by atoms with van der Waals surface area (Å²) in [6.45, 7) is 0. The number of hydrogen-bond donors (Lipinski definition) is 0. The molecule has 1 aromatic heterocycles. The maximum Gasteiger partial charge on any atom is 0.155 e. The first kappa shape index (κ1) is 14.9. The van der Waals surface area contributed by atoms with E-state index in [1.165, 1.54) is 34.6 Å². The largest absolute Gasteiger partial charge is 0.298 e. The van der Waals surface area contributed by atoms with E-state index < -0.39 is 0 Å². The third-order valence-corrected chi connectivity index (χ3v) is 7.46. The van der Waals surface area contributed by atoms with Gasteiger partial charge < -0.3 is 0 Å². The second-order valence-corrected chi connectivity index (χ2v) is 8.65. The van der Waals surface area contributed by atoms with Crippen LogP contribution in [0.3, 0.4) is 0 Å². The lowest BCUT2D eigenvalue weighted by atomic mass is 9.73. The van der Waals surface area contributed by atoms with Crippen molar-refractivity contribution in [2.45, 2.75) is 62.2 Å². The summed E-state index contributed by atoms with van der Waals surface area (Å²) >= 11 is 0. The van der Waals surface area contributed by atoms with Gasteiger partial charge in [-0.15, -0.1) is 0 Å². The van der Waals surface area contributed by atoms with E-state index in [0.29, 0.717) is 5.78 Å². The highest BCUT2D eigenvalue weighted by molar-refractivity contribution is 6.09. The molecule has 0 radical (unpaired) electrons. The average Bonchev–Trinajstić information content (AvgIpc) is 3.40. The minimum atomic E-state index is -0.287. The Morgan fingerprint density at radius 3 is 2.19 bits per heavy atom. The number of Topliss-reactive ketones (excluding diaryl/α,β-unsaturated/α-hetero) is 1. The van der Waals surface area contributed by atoms with E-state index in [4.69, 9.17) is 4.98 Å². The van der Waals surface area contributed by atoms with Gasteiger partial charge in [0.25, 0.3) is 0 Å². The van der Waals surface area contributed by atoms with Gasteiger partial charge in [0.1, 0.15) is 0 Å². The number of aromatic nitrogens is 1. The maximum absolute atomic E-state index is 13.8. The molecule has 0 atom stereocenters. The second kappa shape index (κ2) is 4.94. The monoisotopic (exact) mass is 341 g/mol. The molecular weight excluding hydrogens is 318 g/mol. The molecule has 0 unspecified atom stereocenters. The Labute approximate surface area is 153 Å². The summed E-state index contributed by atoms with van der Waals surface area (Å²) in [5.74, 6) is 0.516. The van der Waals surface area contributed by atoms with E-state index in [0.717, 1.165) is 49.7 Å². The van der Waals surface area contributed by atoms with Crippen LogP contribution in [-0.4, -0.2) is 10.8 Å².